The number of ether oxygens (including phenoxy) is 1. The third-order valence-electron chi connectivity index (χ3n) is 3.70. The summed E-state index contributed by atoms with van der Waals surface area (Å²) in [6.07, 6.45) is 1.59. The summed E-state index contributed by atoms with van der Waals surface area (Å²) in [4.78, 5) is 36.5. The van der Waals surface area contributed by atoms with E-state index in [4.69, 9.17) is 9.84 Å². The first kappa shape index (κ1) is 15.4. The van der Waals surface area contributed by atoms with Crippen molar-refractivity contribution in [3.8, 4) is 0 Å². The molecular weight excluding hydrogens is 272 g/mol. The standard InChI is InChI=1S/C16H18O5/c1-2-3-8-16(21-14(19)10-17)9-13(18)11-6-4-5-7-12(11)15(16)20/h4-7,17H,2-3,8-10H2,1H3. The van der Waals surface area contributed by atoms with Gasteiger partial charge in [-0.25, -0.2) is 4.79 Å². The largest absolute Gasteiger partial charge is 0.448 e. The molecule has 0 saturated heterocycles. The summed E-state index contributed by atoms with van der Waals surface area (Å²) < 4.78 is 5.21. The number of unbranched alkanes of at least 4 members (excludes halogenated alkanes) is 1. The summed E-state index contributed by atoms with van der Waals surface area (Å²) in [6, 6.07) is 6.55. The van der Waals surface area contributed by atoms with Crippen molar-refractivity contribution in [2.45, 2.75) is 38.2 Å². The van der Waals surface area contributed by atoms with E-state index >= 15 is 0 Å². The zero-order chi connectivity index (χ0) is 15.5. The molecule has 0 saturated carbocycles. The molecule has 0 bridgehead atoms. The van der Waals surface area contributed by atoms with E-state index in [-0.39, 0.29) is 30.0 Å². The predicted octanol–water partition coefficient (Wildman–Crippen LogP) is 1.92. The Morgan fingerprint density at radius 3 is 2.57 bits per heavy atom. The van der Waals surface area contributed by atoms with Gasteiger partial charge in [0.05, 0.1) is 6.42 Å². The SMILES string of the molecule is CCCCC1(OC(=O)CO)CC(=O)c2ccccc2C1=O. The first-order chi connectivity index (χ1) is 10.0. The van der Waals surface area contributed by atoms with Crippen LogP contribution in [0, 0.1) is 0 Å². The number of aliphatic hydroxyl groups is 1. The number of rotatable bonds is 5. The van der Waals surface area contributed by atoms with Gasteiger partial charge in [-0.3, -0.25) is 9.59 Å². The van der Waals surface area contributed by atoms with Crippen LogP contribution >= 0.6 is 0 Å². The van der Waals surface area contributed by atoms with Gasteiger partial charge in [0, 0.05) is 11.1 Å². The van der Waals surface area contributed by atoms with Crippen LogP contribution < -0.4 is 0 Å². The van der Waals surface area contributed by atoms with Crippen molar-refractivity contribution in [3.63, 3.8) is 0 Å². The second kappa shape index (κ2) is 6.18. The molecule has 112 valence electrons. The Balaban J connectivity index is 2.44. The average Bonchev–Trinajstić information content (AvgIpc) is 2.50. The maximum Gasteiger partial charge on any atom is 0.332 e. The fourth-order valence-corrected chi connectivity index (χ4v) is 2.65. The van der Waals surface area contributed by atoms with E-state index in [2.05, 4.69) is 0 Å². The molecule has 1 aromatic rings. The van der Waals surface area contributed by atoms with E-state index in [1.54, 1.807) is 24.3 Å². The fourth-order valence-electron chi connectivity index (χ4n) is 2.65. The van der Waals surface area contributed by atoms with Crippen molar-refractivity contribution < 1.29 is 24.2 Å². The molecule has 1 aliphatic carbocycles. The average molecular weight is 290 g/mol. The molecule has 0 heterocycles. The highest BCUT2D eigenvalue weighted by Crippen LogP contribution is 2.35. The zero-order valence-electron chi connectivity index (χ0n) is 11.9. The van der Waals surface area contributed by atoms with Gasteiger partial charge in [0.15, 0.2) is 11.4 Å². The van der Waals surface area contributed by atoms with Crippen LogP contribution in [0.2, 0.25) is 0 Å². The van der Waals surface area contributed by atoms with Gasteiger partial charge in [-0.1, -0.05) is 37.6 Å². The zero-order valence-corrected chi connectivity index (χ0v) is 11.9. The van der Waals surface area contributed by atoms with Gasteiger partial charge in [0.1, 0.15) is 6.61 Å². The van der Waals surface area contributed by atoms with Gasteiger partial charge in [-0.05, 0) is 12.8 Å². The smallest absolute Gasteiger partial charge is 0.332 e. The maximum absolute atomic E-state index is 12.7. The lowest BCUT2D eigenvalue weighted by Crippen LogP contribution is -2.49. The predicted molar refractivity (Wildman–Crippen MR) is 75.2 cm³/mol. The van der Waals surface area contributed by atoms with Crippen LogP contribution in [0.15, 0.2) is 24.3 Å². The van der Waals surface area contributed by atoms with Gasteiger partial charge < -0.3 is 9.84 Å². The molecule has 0 aliphatic heterocycles. The molecule has 1 unspecified atom stereocenters. The van der Waals surface area contributed by atoms with E-state index in [0.29, 0.717) is 12.0 Å². The number of fused-ring (bicyclic) bond motifs is 1. The molecule has 1 N–H and O–H groups in total. The number of hydrogen-bond donors (Lipinski definition) is 1. The summed E-state index contributed by atoms with van der Waals surface area (Å²) in [5.41, 5.74) is -0.813. The summed E-state index contributed by atoms with van der Waals surface area (Å²) in [7, 11) is 0. The van der Waals surface area contributed by atoms with Crippen LogP contribution in [-0.4, -0.2) is 34.9 Å². The lowest BCUT2D eigenvalue weighted by molar-refractivity contribution is -0.159. The maximum atomic E-state index is 12.7. The van der Waals surface area contributed by atoms with E-state index in [9.17, 15) is 14.4 Å². The summed E-state index contributed by atoms with van der Waals surface area (Å²) >= 11 is 0. The second-order valence-electron chi connectivity index (χ2n) is 5.20. The number of ketones is 2. The minimum Gasteiger partial charge on any atom is -0.448 e. The minimum absolute atomic E-state index is 0.158. The fraction of sp³-hybridized carbons (Fsp3) is 0.438. The summed E-state index contributed by atoms with van der Waals surface area (Å²) in [5.74, 6) is -1.45. The molecule has 5 heteroatoms. The Morgan fingerprint density at radius 1 is 1.29 bits per heavy atom. The number of benzene rings is 1. The Bertz CT molecular complexity index is 578. The topological polar surface area (TPSA) is 80.7 Å². The van der Waals surface area contributed by atoms with Crippen LogP contribution in [0.3, 0.4) is 0 Å². The van der Waals surface area contributed by atoms with Crippen molar-refractivity contribution >= 4 is 17.5 Å². The van der Waals surface area contributed by atoms with Crippen LogP contribution in [0.5, 0.6) is 0 Å². The molecule has 21 heavy (non-hydrogen) atoms. The molecule has 0 aromatic heterocycles. The van der Waals surface area contributed by atoms with Crippen molar-refractivity contribution in [2.24, 2.45) is 0 Å². The Kier molecular flexibility index (Phi) is 4.53. The molecule has 1 aromatic carbocycles. The lowest BCUT2D eigenvalue weighted by Gasteiger charge is -2.35. The van der Waals surface area contributed by atoms with Gasteiger partial charge in [-0.15, -0.1) is 0 Å². The van der Waals surface area contributed by atoms with Crippen LogP contribution in [0.4, 0.5) is 0 Å². The van der Waals surface area contributed by atoms with Crippen molar-refractivity contribution in [1.82, 2.24) is 0 Å². The van der Waals surface area contributed by atoms with Crippen molar-refractivity contribution in [3.05, 3.63) is 35.4 Å². The van der Waals surface area contributed by atoms with Gasteiger partial charge in [0.2, 0.25) is 5.78 Å². The Hall–Kier alpha value is -2.01. The van der Waals surface area contributed by atoms with E-state index in [0.717, 1.165) is 6.42 Å². The molecule has 2 rings (SSSR count). The number of hydrogen-bond acceptors (Lipinski definition) is 5. The first-order valence-electron chi connectivity index (χ1n) is 7.04. The van der Waals surface area contributed by atoms with Crippen LogP contribution in [-0.2, 0) is 9.53 Å². The Morgan fingerprint density at radius 2 is 1.95 bits per heavy atom. The molecule has 1 atom stereocenters. The molecule has 0 spiro atoms. The highest BCUT2D eigenvalue weighted by molar-refractivity contribution is 6.18. The quantitative estimate of drug-likeness (QED) is 0.838. The second-order valence-corrected chi connectivity index (χ2v) is 5.20. The number of carbonyl (C=O) groups excluding carboxylic acids is 3. The number of esters is 1. The third kappa shape index (κ3) is 2.88. The van der Waals surface area contributed by atoms with Crippen LogP contribution in [0.1, 0.15) is 53.3 Å². The molecule has 1 aliphatic rings. The van der Waals surface area contributed by atoms with Gasteiger partial charge >= 0.3 is 5.97 Å². The van der Waals surface area contributed by atoms with Gasteiger partial charge in [-0.2, -0.15) is 0 Å². The third-order valence-corrected chi connectivity index (χ3v) is 3.70. The van der Waals surface area contributed by atoms with Crippen LogP contribution in [0.25, 0.3) is 0 Å². The molecule has 0 amide bonds. The monoisotopic (exact) mass is 290 g/mol. The van der Waals surface area contributed by atoms with Crippen molar-refractivity contribution in [1.29, 1.82) is 0 Å². The molecule has 0 radical (unpaired) electrons. The number of aliphatic hydroxyl groups excluding tert-OH is 1. The summed E-state index contributed by atoms with van der Waals surface area (Å²) in [6.45, 7) is 1.14. The summed E-state index contributed by atoms with van der Waals surface area (Å²) in [5, 5.41) is 8.88. The normalized spacial score (nSPS) is 21.0. The lowest BCUT2D eigenvalue weighted by atomic mass is 9.76. The van der Waals surface area contributed by atoms with Gasteiger partial charge in [0.25, 0.3) is 0 Å². The molecular formula is C16H18O5. The number of Topliss-reactive ketones (excluding diaryl/α,β-unsaturated/α-hetero) is 2. The van der Waals surface area contributed by atoms with E-state index in [1.165, 1.54) is 0 Å². The number of carbonyl (C=O) groups is 3. The van der Waals surface area contributed by atoms with E-state index in [1.807, 2.05) is 6.92 Å². The highest BCUT2D eigenvalue weighted by Gasteiger charge is 2.48. The minimum atomic E-state index is -1.47. The Labute approximate surface area is 122 Å². The van der Waals surface area contributed by atoms with Crippen molar-refractivity contribution in [2.75, 3.05) is 6.61 Å². The van der Waals surface area contributed by atoms with E-state index < -0.39 is 18.2 Å². The molecule has 0 fully saturated rings. The molecule has 5 nitrogen and oxygen atoms in total. The highest BCUT2D eigenvalue weighted by atomic mass is 16.6. The first-order valence-corrected chi connectivity index (χ1v) is 7.04.